The van der Waals surface area contributed by atoms with Gasteiger partial charge >= 0.3 is 0 Å². The molecule has 2 heteroatoms. The maximum absolute atomic E-state index is 6.25. The van der Waals surface area contributed by atoms with Crippen molar-refractivity contribution in [2.45, 2.75) is 44.8 Å². The molecule has 16 heavy (non-hydrogen) atoms. The van der Waals surface area contributed by atoms with E-state index in [1.54, 1.807) is 0 Å². The van der Waals surface area contributed by atoms with Crippen LogP contribution in [0, 0.1) is 5.41 Å². The number of halogens is 1. The minimum Gasteiger partial charge on any atom is -0.373 e. The van der Waals surface area contributed by atoms with Crippen LogP contribution in [0.4, 0.5) is 0 Å². The van der Waals surface area contributed by atoms with E-state index in [0.29, 0.717) is 12.7 Å². The Morgan fingerprint density at radius 3 is 2.62 bits per heavy atom. The summed E-state index contributed by atoms with van der Waals surface area (Å²) < 4.78 is 5.96. The Kier molecular flexibility index (Phi) is 3.56. The van der Waals surface area contributed by atoms with Gasteiger partial charge in [-0.05, 0) is 18.4 Å². The molecule has 0 heterocycles. The van der Waals surface area contributed by atoms with Crippen LogP contribution in [0.5, 0.6) is 0 Å². The minimum absolute atomic E-state index is 0.163. The van der Waals surface area contributed by atoms with Gasteiger partial charge in [-0.3, -0.25) is 0 Å². The molecule has 2 rings (SSSR count). The lowest BCUT2D eigenvalue weighted by molar-refractivity contribution is -0.108. The van der Waals surface area contributed by atoms with Gasteiger partial charge in [-0.2, -0.15) is 0 Å². The molecule has 0 amide bonds. The lowest BCUT2D eigenvalue weighted by Gasteiger charge is -2.50. The van der Waals surface area contributed by atoms with Crippen LogP contribution in [0.3, 0.4) is 0 Å². The van der Waals surface area contributed by atoms with Crippen molar-refractivity contribution >= 4 is 11.6 Å². The van der Waals surface area contributed by atoms with E-state index in [4.69, 9.17) is 16.3 Å². The Labute approximate surface area is 103 Å². The maximum atomic E-state index is 6.25. The normalized spacial score (nSPS) is 33.4. The van der Waals surface area contributed by atoms with Gasteiger partial charge in [0.1, 0.15) is 0 Å². The number of ether oxygens (including phenoxy) is 1. The highest BCUT2D eigenvalue weighted by molar-refractivity contribution is 6.21. The van der Waals surface area contributed by atoms with Gasteiger partial charge in [-0.15, -0.1) is 11.6 Å². The first-order valence-electron chi connectivity index (χ1n) is 5.96. The van der Waals surface area contributed by atoms with Crippen LogP contribution in [0.25, 0.3) is 0 Å². The van der Waals surface area contributed by atoms with E-state index < -0.39 is 0 Å². The molecule has 0 radical (unpaired) electrons. The van der Waals surface area contributed by atoms with Crippen LogP contribution in [0.15, 0.2) is 30.3 Å². The Bertz CT molecular complexity index is 338. The summed E-state index contributed by atoms with van der Waals surface area (Å²) in [7, 11) is 0. The Morgan fingerprint density at radius 1 is 1.38 bits per heavy atom. The van der Waals surface area contributed by atoms with Gasteiger partial charge in [0.25, 0.3) is 0 Å². The highest BCUT2D eigenvalue weighted by Crippen LogP contribution is 2.49. The Balaban J connectivity index is 1.88. The zero-order valence-corrected chi connectivity index (χ0v) is 10.7. The van der Waals surface area contributed by atoms with Crippen molar-refractivity contribution in [3.63, 3.8) is 0 Å². The molecule has 1 aromatic carbocycles. The van der Waals surface area contributed by atoms with Crippen molar-refractivity contribution < 1.29 is 4.74 Å². The Morgan fingerprint density at radius 2 is 2.06 bits per heavy atom. The van der Waals surface area contributed by atoms with Crippen molar-refractivity contribution in [2.24, 2.45) is 5.41 Å². The van der Waals surface area contributed by atoms with Crippen LogP contribution in [-0.4, -0.2) is 11.5 Å². The standard InChI is InChI=1S/C14H19ClO/c1-3-14(2)12(15)9-13(14)16-10-11-7-5-4-6-8-11/h4-8,12-13H,3,9-10H2,1-2H3. The number of rotatable bonds is 4. The fourth-order valence-corrected chi connectivity index (χ4v) is 2.70. The summed E-state index contributed by atoms with van der Waals surface area (Å²) in [6.45, 7) is 5.11. The van der Waals surface area contributed by atoms with Gasteiger partial charge < -0.3 is 4.74 Å². The van der Waals surface area contributed by atoms with E-state index in [0.717, 1.165) is 12.8 Å². The second-order valence-corrected chi connectivity index (χ2v) is 5.37. The summed E-state index contributed by atoms with van der Waals surface area (Å²) in [5.74, 6) is 0. The van der Waals surface area contributed by atoms with Crippen LogP contribution in [0.1, 0.15) is 32.3 Å². The number of hydrogen-bond donors (Lipinski definition) is 0. The molecule has 0 N–H and O–H groups in total. The van der Waals surface area contributed by atoms with Gasteiger partial charge in [0.05, 0.1) is 12.7 Å². The van der Waals surface area contributed by atoms with E-state index in [9.17, 15) is 0 Å². The van der Waals surface area contributed by atoms with Gasteiger partial charge in [0.15, 0.2) is 0 Å². The molecule has 0 spiro atoms. The summed E-state index contributed by atoms with van der Waals surface area (Å²) in [6.07, 6.45) is 2.39. The molecule has 0 aliphatic heterocycles. The second kappa shape index (κ2) is 4.77. The molecule has 0 bridgehead atoms. The highest BCUT2D eigenvalue weighted by Gasteiger charge is 2.50. The lowest BCUT2D eigenvalue weighted by Crippen LogP contribution is -2.53. The molecular weight excluding hydrogens is 220 g/mol. The fourth-order valence-electron chi connectivity index (χ4n) is 2.25. The van der Waals surface area contributed by atoms with Crippen LogP contribution in [0.2, 0.25) is 0 Å². The van der Waals surface area contributed by atoms with E-state index in [1.807, 2.05) is 18.2 Å². The fraction of sp³-hybridized carbons (Fsp3) is 0.571. The van der Waals surface area contributed by atoms with Crippen LogP contribution < -0.4 is 0 Å². The SMILES string of the molecule is CCC1(C)C(Cl)CC1OCc1ccccc1. The summed E-state index contributed by atoms with van der Waals surface area (Å²) in [6, 6.07) is 10.3. The van der Waals surface area contributed by atoms with E-state index >= 15 is 0 Å². The van der Waals surface area contributed by atoms with Crippen molar-refractivity contribution in [1.29, 1.82) is 0 Å². The zero-order valence-electron chi connectivity index (χ0n) is 9.95. The monoisotopic (exact) mass is 238 g/mol. The molecule has 88 valence electrons. The molecule has 0 saturated heterocycles. The molecule has 1 aliphatic rings. The predicted molar refractivity (Wildman–Crippen MR) is 67.7 cm³/mol. The van der Waals surface area contributed by atoms with Gasteiger partial charge in [-0.1, -0.05) is 44.2 Å². The number of benzene rings is 1. The second-order valence-electron chi connectivity index (χ2n) is 4.85. The van der Waals surface area contributed by atoms with Gasteiger partial charge in [0, 0.05) is 10.8 Å². The maximum Gasteiger partial charge on any atom is 0.0720 e. The van der Waals surface area contributed by atoms with Crippen molar-refractivity contribution in [3.8, 4) is 0 Å². The van der Waals surface area contributed by atoms with E-state index in [2.05, 4.69) is 26.0 Å². The molecule has 1 saturated carbocycles. The highest BCUT2D eigenvalue weighted by atomic mass is 35.5. The first-order chi connectivity index (χ1) is 7.66. The predicted octanol–water partition coefficient (Wildman–Crippen LogP) is 4.00. The van der Waals surface area contributed by atoms with Crippen molar-refractivity contribution in [2.75, 3.05) is 0 Å². The molecule has 1 fully saturated rings. The van der Waals surface area contributed by atoms with E-state index in [-0.39, 0.29) is 10.8 Å². The molecule has 1 aromatic rings. The van der Waals surface area contributed by atoms with Gasteiger partial charge in [0.2, 0.25) is 0 Å². The first kappa shape index (κ1) is 11.9. The third-order valence-corrected chi connectivity index (χ3v) is 4.60. The van der Waals surface area contributed by atoms with Gasteiger partial charge in [-0.25, -0.2) is 0 Å². The third-order valence-electron chi connectivity index (χ3n) is 3.93. The van der Waals surface area contributed by atoms with E-state index in [1.165, 1.54) is 5.56 Å². The van der Waals surface area contributed by atoms with Crippen molar-refractivity contribution in [1.82, 2.24) is 0 Å². The zero-order chi connectivity index (χ0) is 11.6. The molecule has 1 aliphatic carbocycles. The Hall–Kier alpha value is -0.530. The third kappa shape index (κ3) is 2.11. The first-order valence-corrected chi connectivity index (χ1v) is 6.40. The lowest BCUT2D eigenvalue weighted by atomic mass is 9.65. The number of hydrogen-bond acceptors (Lipinski definition) is 1. The van der Waals surface area contributed by atoms with Crippen LogP contribution >= 0.6 is 11.6 Å². The summed E-state index contributed by atoms with van der Waals surface area (Å²) in [4.78, 5) is 0. The molecule has 0 aromatic heterocycles. The molecule has 1 nitrogen and oxygen atoms in total. The average molecular weight is 239 g/mol. The quantitative estimate of drug-likeness (QED) is 0.721. The van der Waals surface area contributed by atoms with Crippen LogP contribution in [-0.2, 0) is 11.3 Å². The molecular formula is C14H19ClO. The number of alkyl halides is 1. The average Bonchev–Trinajstić information content (AvgIpc) is 2.34. The minimum atomic E-state index is 0.163. The smallest absolute Gasteiger partial charge is 0.0720 e. The summed E-state index contributed by atoms with van der Waals surface area (Å²) in [5.41, 5.74) is 1.40. The summed E-state index contributed by atoms with van der Waals surface area (Å²) >= 11 is 6.25. The topological polar surface area (TPSA) is 9.23 Å². The molecule has 3 unspecified atom stereocenters. The summed E-state index contributed by atoms with van der Waals surface area (Å²) in [5, 5.41) is 0.276. The largest absolute Gasteiger partial charge is 0.373 e. The van der Waals surface area contributed by atoms with Crippen molar-refractivity contribution in [3.05, 3.63) is 35.9 Å². The molecule has 3 atom stereocenters.